The number of imidazole rings is 1. The molecule has 2 aromatic heterocycles. The number of para-hydroxylation sites is 1. The molecule has 1 unspecified atom stereocenters. The van der Waals surface area contributed by atoms with Gasteiger partial charge in [0.15, 0.2) is 0 Å². The summed E-state index contributed by atoms with van der Waals surface area (Å²) in [5, 5.41) is 4.42. The Bertz CT molecular complexity index is 956. The van der Waals surface area contributed by atoms with Gasteiger partial charge in [0, 0.05) is 62.3 Å². The molecule has 1 N–H and O–H groups in total. The largest absolute Gasteiger partial charge is 0.336 e. The van der Waals surface area contributed by atoms with E-state index in [9.17, 15) is 4.79 Å². The first kappa shape index (κ1) is 16.5. The van der Waals surface area contributed by atoms with E-state index in [-0.39, 0.29) is 11.9 Å². The summed E-state index contributed by atoms with van der Waals surface area (Å²) in [6.07, 6.45) is 8.95. The van der Waals surface area contributed by atoms with Gasteiger partial charge in [0.1, 0.15) is 11.9 Å². The van der Waals surface area contributed by atoms with Crippen molar-refractivity contribution in [2.24, 2.45) is 7.05 Å². The average molecular weight is 347 g/mol. The van der Waals surface area contributed by atoms with E-state index in [2.05, 4.69) is 15.3 Å². The second-order valence-corrected chi connectivity index (χ2v) is 6.40. The fourth-order valence-electron chi connectivity index (χ4n) is 3.42. The topological polar surface area (TPSA) is 63.1 Å². The Morgan fingerprint density at radius 2 is 2.12 bits per heavy atom. The van der Waals surface area contributed by atoms with Crippen LogP contribution in [-0.4, -0.2) is 45.0 Å². The van der Waals surface area contributed by atoms with Crippen molar-refractivity contribution in [3.63, 3.8) is 0 Å². The molecule has 1 aromatic carbocycles. The molecule has 3 aromatic rings. The maximum absolute atomic E-state index is 12.9. The van der Waals surface area contributed by atoms with Crippen LogP contribution in [0.15, 0.2) is 55.0 Å². The monoisotopic (exact) mass is 347 g/mol. The highest BCUT2D eigenvalue weighted by Gasteiger charge is 2.29. The molecule has 1 saturated heterocycles. The molecule has 1 atom stereocenters. The molecule has 6 heteroatoms. The zero-order valence-electron chi connectivity index (χ0n) is 14.7. The lowest BCUT2D eigenvalue weighted by atomic mass is 10.1. The van der Waals surface area contributed by atoms with E-state index < -0.39 is 0 Å². The summed E-state index contributed by atoms with van der Waals surface area (Å²) in [5.41, 5.74) is 1.85. The SMILES string of the molecule is Cn1ccnc1C1CNCCN1C(=O)/C=C/c1cccc2cccnc12. The first-order valence-electron chi connectivity index (χ1n) is 8.74. The van der Waals surface area contributed by atoms with Crippen LogP contribution in [-0.2, 0) is 11.8 Å². The van der Waals surface area contributed by atoms with Gasteiger partial charge in [-0.1, -0.05) is 24.3 Å². The number of benzene rings is 1. The number of hydrogen-bond donors (Lipinski definition) is 1. The molecule has 0 bridgehead atoms. The van der Waals surface area contributed by atoms with Crippen LogP contribution in [0.5, 0.6) is 0 Å². The third-order valence-electron chi connectivity index (χ3n) is 4.75. The normalized spacial score (nSPS) is 17.9. The van der Waals surface area contributed by atoms with Crippen molar-refractivity contribution in [1.82, 2.24) is 24.8 Å². The number of aromatic nitrogens is 3. The van der Waals surface area contributed by atoms with E-state index in [1.807, 2.05) is 59.1 Å². The van der Waals surface area contributed by atoms with E-state index in [4.69, 9.17) is 0 Å². The van der Waals surface area contributed by atoms with Crippen LogP contribution < -0.4 is 5.32 Å². The number of carbonyl (C=O) groups is 1. The Labute approximate surface area is 152 Å². The number of fused-ring (bicyclic) bond motifs is 1. The standard InChI is InChI=1S/C20H21N5O/c1-24-12-11-23-20(24)17-14-21-10-13-25(17)18(26)8-7-16-5-2-4-15-6-3-9-22-19(15)16/h2-9,11-12,17,21H,10,13-14H2,1H3/b8-7+. The molecule has 1 aliphatic heterocycles. The third kappa shape index (κ3) is 3.11. The summed E-state index contributed by atoms with van der Waals surface area (Å²) < 4.78 is 1.97. The molecule has 1 fully saturated rings. The van der Waals surface area contributed by atoms with Crippen LogP contribution in [0.3, 0.4) is 0 Å². The van der Waals surface area contributed by atoms with Gasteiger partial charge < -0.3 is 14.8 Å². The van der Waals surface area contributed by atoms with Crippen LogP contribution in [0.2, 0.25) is 0 Å². The molecule has 0 spiro atoms. The number of hydrogen-bond acceptors (Lipinski definition) is 4. The van der Waals surface area contributed by atoms with E-state index in [1.54, 1.807) is 18.5 Å². The number of carbonyl (C=O) groups excluding carboxylic acids is 1. The first-order chi connectivity index (χ1) is 12.7. The third-order valence-corrected chi connectivity index (χ3v) is 4.75. The quantitative estimate of drug-likeness (QED) is 0.738. The summed E-state index contributed by atoms with van der Waals surface area (Å²) >= 11 is 0. The van der Waals surface area contributed by atoms with E-state index in [0.29, 0.717) is 13.1 Å². The molecule has 0 saturated carbocycles. The van der Waals surface area contributed by atoms with Gasteiger partial charge in [0.2, 0.25) is 5.91 Å². The number of nitrogens with one attached hydrogen (secondary N) is 1. The fraction of sp³-hybridized carbons (Fsp3) is 0.250. The van der Waals surface area contributed by atoms with Crippen molar-refractivity contribution in [1.29, 1.82) is 0 Å². The van der Waals surface area contributed by atoms with Gasteiger partial charge in [-0.3, -0.25) is 9.78 Å². The lowest BCUT2D eigenvalue weighted by molar-refractivity contribution is -0.129. The molecule has 1 aliphatic rings. The molecule has 4 rings (SSSR count). The Morgan fingerprint density at radius 3 is 2.96 bits per heavy atom. The van der Waals surface area contributed by atoms with Crippen molar-refractivity contribution < 1.29 is 4.79 Å². The lowest BCUT2D eigenvalue weighted by Crippen LogP contribution is -2.49. The fourth-order valence-corrected chi connectivity index (χ4v) is 3.42. The minimum atomic E-state index is -0.0634. The van der Waals surface area contributed by atoms with E-state index >= 15 is 0 Å². The Morgan fingerprint density at radius 1 is 1.23 bits per heavy atom. The zero-order chi connectivity index (χ0) is 17.9. The van der Waals surface area contributed by atoms with Crippen LogP contribution in [0.25, 0.3) is 17.0 Å². The van der Waals surface area contributed by atoms with Gasteiger partial charge in [-0.25, -0.2) is 4.98 Å². The zero-order valence-corrected chi connectivity index (χ0v) is 14.7. The van der Waals surface area contributed by atoms with E-state index in [0.717, 1.165) is 28.8 Å². The molecular weight excluding hydrogens is 326 g/mol. The molecular formula is C20H21N5O. The number of aryl methyl sites for hydroxylation is 1. The molecule has 6 nitrogen and oxygen atoms in total. The molecule has 3 heterocycles. The molecule has 1 amide bonds. The minimum absolute atomic E-state index is 0.00701. The average Bonchev–Trinajstić information content (AvgIpc) is 3.12. The molecule has 132 valence electrons. The smallest absolute Gasteiger partial charge is 0.247 e. The number of amides is 1. The van der Waals surface area contributed by atoms with Crippen molar-refractivity contribution in [3.8, 4) is 0 Å². The predicted octanol–water partition coefficient (Wildman–Crippen LogP) is 2.15. The van der Waals surface area contributed by atoms with Gasteiger partial charge in [0.25, 0.3) is 0 Å². The van der Waals surface area contributed by atoms with Crippen LogP contribution in [0.4, 0.5) is 0 Å². The summed E-state index contributed by atoms with van der Waals surface area (Å²) in [6.45, 7) is 2.16. The van der Waals surface area contributed by atoms with Gasteiger partial charge in [-0.05, 0) is 12.1 Å². The predicted molar refractivity (Wildman–Crippen MR) is 101 cm³/mol. The summed E-state index contributed by atoms with van der Waals surface area (Å²) in [6, 6.07) is 9.86. The van der Waals surface area contributed by atoms with Crippen LogP contribution in [0.1, 0.15) is 17.4 Å². The highest BCUT2D eigenvalue weighted by Crippen LogP contribution is 2.22. The lowest BCUT2D eigenvalue weighted by Gasteiger charge is -2.35. The Balaban J connectivity index is 1.60. The maximum Gasteiger partial charge on any atom is 0.247 e. The van der Waals surface area contributed by atoms with Gasteiger partial charge in [-0.15, -0.1) is 0 Å². The first-order valence-corrected chi connectivity index (χ1v) is 8.74. The number of nitrogens with zero attached hydrogens (tertiary/aromatic N) is 4. The number of rotatable bonds is 3. The number of pyridine rings is 1. The highest BCUT2D eigenvalue weighted by molar-refractivity contribution is 5.95. The van der Waals surface area contributed by atoms with Crippen molar-refractivity contribution in [2.45, 2.75) is 6.04 Å². The molecule has 0 aliphatic carbocycles. The van der Waals surface area contributed by atoms with Crippen molar-refractivity contribution in [3.05, 3.63) is 66.4 Å². The van der Waals surface area contributed by atoms with Crippen molar-refractivity contribution >= 4 is 22.9 Å². The summed E-state index contributed by atoms with van der Waals surface area (Å²) in [5.74, 6) is 0.887. The van der Waals surface area contributed by atoms with Gasteiger partial charge >= 0.3 is 0 Å². The van der Waals surface area contributed by atoms with Gasteiger partial charge in [-0.2, -0.15) is 0 Å². The van der Waals surface area contributed by atoms with Crippen LogP contribution >= 0.6 is 0 Å². The summed E-state index contributed by atoms with van der Waals surface area (Å²) in [4.78, 5) is 23.6. The second kappa shape index (κ2) is 7.09. The Kier molecular flexibility index (Phi) is 4.50. The van der Waals surface area contributed by atoms with Crippen molar-refractivity contribution in [2.75, 3.05) is 19.6 Å². The van der Waals surface area contributed by atoms with Crippen LogP contribution in [0, 0.1) is 0 Å². The second-order valence-electron chi connectivity index (χ2n) is 6.40. The Hall–Kier alpha value is -2.99. The highest BCUT2D eigenvalue weighted by atomic mass is 16.2. The van der Waals surface area contributed by atoms with E-state index in [1.165, 1.54) is 0 Å². The summed E-state index contributed by atoms with van der Waals surface area (Å²) in [7, 11) is 1.96. The maximum atomic E-state index is 12.9. The molecule has 26 heavy (non-hydrogen) atoms. The van der Waals surface area contributed by atoms with Gasteiger partial charge in [0.05, 0.1) is 5.52 Å². The molecule has 0 radical (unpaired) electrons. The minimum Gasteiger partial charge on any atom is -0.336 e. The number of piperazine rings is 1.